The lowest BCUT2D eigenvalue weighted by Crippen LogP contribution is -2.28. The number of carbonyl (C=O) groups excluding carboxylic acids is 2. The van der Waals surface area contributed by atoms with Crippen molar-refractivity contribution < 1.29 is 14.3 Å². The first kappa shape index (κ1) is 18.0. The molecule has 2 aromatic rings. The first-order valence-electron chi connectivity index (χ1n) is 8.90. The molecule has 0 spiro atoms. The summed E-state index contributed by atoms with van der Waals surface area (Å²) in [4.78, 5) is 26.7. The number of aryl methyl sites for hydroxylation is 1. The molecule has 2 aromatic carbocycles. The third-order valence-electron chi connectivity index (χ3n) is 4.82. The Hall–Kier alpha value is -2.82. The minimum atomic E-state index is -0.353. The first-order valence-corrected chi connectivity index (χ1v) is 8.90. The Kier molecular flexibility index (Phi) is 5.26. The number of carbonyl (C=O) groups is 2. The maximum atomic E-state index is 12.6. The SMILES string of the molecule is CCOc1ccc(N2C[C@@H](C(=O)Nc3cccc(C)c3C)CC2=O)cc1. The number of ether oxygens (including phenoxy) is 1. The van der Waals surface area contributed by atoms with E-state index < -0.39 is 0 Å². The number of anilines is 2. The van der Waals surface area contributed by atoms with E-state index in [1.165, 1.54) is 0 Å². The van der Waals surface area contributed by atoms with Crippen molar-refractivity contribution in [2.24, 2.45) is 5.92 Å². The summed E-state index contributed by atoms with van der Waals surface area (Å²) in [7, 11) is 0. The van der Waals surface area contributed by atoms with Crippen LogP contribution in [0.5, 0.6) is 5.75 Å². The molecule has 2 amide bonds. The van der Waals surface area contributed by atoms with Gasteiger partial charge >= 0.3 is 0 Å². The van der Waals surface area contributed by atoms with Gasteiger partial charge in [0.15, 0.2) is 0 Å². The number of nitrogens with zero attached hydrogens (tertiary/aromatic N) is 1. The van der Waals surface area contributed by atoms with Crippen LogP contribution in [0.1, 0.15) is 24.5 Å². The fraction of sp³-hybridized carbons (Fsp3) is 0.333. The summed E-state index contributed by atoms with van der Waals surface area (Å²) >= 11 is 0. The predicted octanol–water partition coefficient (Wildman–Crippen LogP) is 3.69. The van der Waals surface area contributed by atoms with Gasteiger partial charge in [-0.25, -0.2) is 0 Å². The van der Waals surface area contributed by atoms with Gasteiger partial charge in [-0.15, -0.1) is 0 Å². The van der Waals surface area contributed by atoms with Crippen LogP contribution in [0.3, 0.4) is 0 Å². The second-order valence-corrected chi connectivity index (χ2v) is 6.57. The third kappa shape index (κ3) is 3.72. The van der Waals surface area contributed by atoms with Gasteiger partial charge < -0.3 is 15.0 Å². The summed E-state index contributed by atoms with van der Waals surface area (Å²) in [5.74, 6) is 0.275. The highest BCUT2D eigenvalue weighted by molar-refractivity contribution is 6.03. The van der Waals surface area contributed by atoms with Crippen LogP contribution in [-0.2, 0) is 9.59 Å². The van der Waals surface area contributed by atoms with Gasteiger partial charge in [-0.1, -0.05) is 12.1 Å². The Balaban J connectivity index is 1.68. The van der Waals surface area contributed by atoms with E-state index in [-0.39, 0.29) is 24.2 Å². The van der Waals surface area contributed by atoms with E-state index in [0.717, 1.165) is 28.3 Å². The van der Waals surface area contributed by atoms with Crippen molar-refractivity contribution >= 4 is 23.2 Å². The maximum Gasteiger partial charge on any atom is 0.229 e. The zero-order chi connectivity index (χ0) is 18.7. The van der Waals surface area contributed by atoms with E-state index in [2.05, 4.69) is 5.32 Å². The molecule has 0 aliphatic carbocycles. The zero-order valence-electron chi connectivity index (χ0n) is 15.4. The van der Waals surface area contributed by atoms with Crippen molar-refractivity contribution in [3.8, 4) is 5.75 Å². The van der Waals surface area contributed by atoms with Gasteiger partial charge in [0.25, 0.3) is 0 Å². The maximum absolute atomic E-state index is 12.6. The molecule has 0 saturated carbocycles. The fourth-order valence-electron chi connectivity index (χ4n) is 3.14. The standard InChI is InChI=1S/C21H24N2O3/c1-4-26-18-10-8-17(9-11-18)23-13-16(12-20(23)24)21(25)22-19-7-5-6-14(2)15(19)3/h5-11,16H,4,12-13H2,1-3H3,(H,22,25)/t16-/m0/s1. The van der Waals surface area contributed by atoms with Crippen molar-refractivity contribution in [1.82, 2.24) is 0 Å². The van der Waals surface area contributed by atoms with Gasteiger partial charge in [-0.05, 0) is 62.2 Å². The summed E-state index contributed by atoms with van der Waals surface area (Å²) in [5, 5.41) is 2.97. The van der Waals surface area contributed by atoms with Crippen molar-refractivity contribution in [2.75, 3.05) is 23.4 Å². The summed E-state index contributed by atoms with van der Waals surface area (Å²) in [6.07, 6.45) is 0.226. The Labute approximate surface area is 154 Å². The summed E-state index contributed by atoms with van der Waals surface area (Å²) in [5.41, 5.74) is 3.78. The molecule has 1 aliphatic heterocycles. The summed E-state index contributed by atoms with van der Waals surface area (Å²) in [6.45, 7) is 6.91. The predicted molar refractivity (Wildman–Crippen MR) is 103 cm³/mol. The van der Waals surface area contributed by atoms with Gasteiger partial charge in [-0.3, -0.25) is 9.59 Å². The van der Waals surface area contributed by atoms with Gasteiger partial charge in [0.2, 0.25) is 11.8 Å². The molecule has 1 fully saturated rings. The van der Waals surface area contributed by atoms with Gasteiger partial charge in [0.1, 0.15) is 5.75 Å². The number of benzene rings is 2. The van der Waals surface area contributed by atoms with E-state index in [1.807, 2.05) is 63.2 Å². The van der Waals surface area contributed by atoms with Crippen LogP contribution in [0.4, 0.5) is 11.4 Å². The summed E-state index contributed by atoms with van der Waals surface area (Å²) < 4.78 is 5.43. The molecule has 1 saturated heterocycles. The molecule has 5 nitrogen and oxygen atoms in total. The Morgan fingerprint density at radius 2 is 1.92 bits per heavy atom. The molecular weight excluding hydrogens is 328 g/mol. The molecule has 3 rings (SSSR count). The number of nitrogens with one attached hydrogen (secondary N) is 1. The molecule has 0 bridgehead atoms. The minimum absolute atomic E-state index is 0.0322. The smallest absolute Gasteiger partial charge is 0.229 e. The van der Waals surface area contributed by atoms with Gasteiger partial charge in [-0.2, -0.15) is 0 Å². The number of rotatable bonds is 5. The van der Waals surface area contributed by atoms with E-state index in [0.29, 0.717) is 13.2 Å². The minimum Gasteiger partial charge on any atom is -0.494 e. The van der Waals surface area contributed by atoms with Crippen molar-refractivity contribution in [1.29, 1.82) is 0 Å². The molecule has 136 valence electrons. The van der Waals surface area contributed by atoms with Crippen LogP contribution in [0.25, 0.3) is 0 Å². The van der Waals surface area contributed by atoms with E-state index in [4.69, 9.17) is 4.74 Å². The largest absolute Gasteiger partial charge is 0.494 e. The Morgan fingerprint density at radius 3 is 2.62 bits per heavy atom. The van der Waals surface area contributed by atoms with E-state index in [9.17, 15) is 9.59 Å². The highest BCUT2D eigenvalue weighted by Gasteiger charge is 2.35. The zero-order valence-corrected chi connectivity index (χ0v) is 15.4. The van der Waals surface area contributed by atoms with Crippen LogP contribution in [0.15, 0.2) is 42.5 Å². The highest BCUT2D eigenvalue weighted by Crippen LogP contribution is 2.28. The Morgan fingerprint density at radius 1 is 1.19 bits per heavy atom. The molecule has 1 aliphatic rings. The van der Waals surface area contributed by atoms with Gasteiger partial charge in [0.05, 0.1) is 12.5 Å². The Bertz CT molecular complexity index is 815. The summed E-state index contributed by atoms with van der Waals surface area (Å²) in [6, 6.07) is 13.2. The van der Waals surface area contributed by atoms with Crippen LogP contribution >= 0.6 is 0 Å². The molecule has 1 N–H and O–H groups in total. The molecule has 0 aromatic heterocycles. The van der Waals surface area contributed by atoms with Crippen molar-refractivity contribution in [3.05, 3.63) is 53.6 Å². The lowest BCUT2D eigenvalue weighted by Gasteiger charge is -2.17. The molecule has 5 heteroatoms. The lowest BCUT2D eigenvalue weighted by atomic mass is 10.1. The average molecular weight is 352 g/mol. The monoisotopic (exact) mass is 352 g/mol. The number of hydrogen-bond acceptors (Lipinski definition) is 3. The molecule has 0 radical (unpaired) electrons. The van der Waals surface area contributed by atoms with E-state index >= 15 is 0 Å². The van der Waals surface area contributed by atoms with Crippen LogP contribution in [0.2, 0.25) is 0 Å². The lowest BCUT2D eigenvalue weighted by molar-refractivity contribution is -0.122. The second kappa shape index (κ2) is 7.60. The molecule has 1 atom stereocenters. The van der Waals surface area contributed by atoms with Crippen LogP contribution < -0.4 is 15.0 Å². The average Bonchev–Trinajstić information content (AvgIpc) is 3.02. The van der Waals surface area contributed by atoms with Crippen molar-refractivity contribution in [3.63, 3.8) is 0 Å². The number of amides is 2. The topological polar surface area (TPSA) is 58.6 Å². The fourth-order valence-corrected chi connectivity index (χ4v) is 3.14. The van der Waals surface area contributed by atoms with Crippen LogP contribution in [-0.4, -0.2) is 25.0 Å². The third-order valence-corrected chi connectivity index (χ3v) is 4.82. The van der Waals surface area contributed by atoms with Gasteiger partial charge in [0, 0.05) is 24.3 Å². The molecular formula is C21H24N2O3. The molecule has 1 heterocycles. The highest BCUT2D eigenvalue weighted by atomic mass is 16.5. The number of hydrogen-bond donors (Lipinski definition) is 1. The van der Waals surface area contributed by atoms with Crippen LogP contribution in [0, 0.1) is 19.8 Å². The second-order valence-electron chi connectivity index (χ2n) is 6.57. The molecule has 26 heavy (non-hydrogen) atoms. The quantitative estimate of drug-likeness (QED) is 0.893. The van der Waals surface area contributed by atoms with Crippen molar-refractivity contribution in [2.45, 2.75) is 27.2 Å². The first-order chi connectivity index (χ1) is 12.5. The normalized spacial score (nSPS) is 16.7. The van der Waals surface area contributed by atoms with E-state index in [1.54, 1.807) is 4.90 Å². The molecule has 0 unspecified atom stereocenters.